The average molecular weight is 471 g/mol. The van der Waals surface area contributed by atoms with Crippen molar-refractivity contribution >= 4 is 14.1 Å². The van der Waals surface area contributed by atoms with Crippen LogP contribution in [0.1, 0.15) is 125 Å². The van der Waals surface area contributed by atoms with Crippen LogP contribution in [0.4, 0.5) is 0 Å². The van der Waals surface area contributed by atoms with Crippen LogP contribution < -0.4 is 0 Å². The number of Topliss-reactive ketones (excluding diaryl/α,β-unsaturated/α-hetero) is 1. The fraction of sp³-hybridized carbons (Fsp3) is 0.963. The van der Waals surface area contributed by atoms with Gasteiger partial charge >= 0.3 is 0 Å². The Labute approximate surface area is 200 Å². The Morgan fingerprint density at radius 1 is 0.938 bits per heavy atom. The summed E-state index contributed by atoms with van der Waals surface area (Å²) in [5, 5.41) is 0.103. The lowest BCUT2D eigenvalue weighted by molar-refractivity contribution is -0.270. The summed E-state index contributed by atoms with van der Waals surface area (Å²) in [6, 6.07) is 0. The Morgan fingerprint density at radius 3 is 1.88 bits per heavy atom. The van der Waals surface area contributed by atoms with E-state index in [0.29, 0.717) is 0 Å². The zero-order chi connectivity index (χ0) is 24.3. The van der Waals surface area contributed by atoms with E-state index in [1.54, 1.807) is 0 Å². The van der Waals surface area contributed by atoms with E-state index in [1.807, 2.05) is 13.8 Å². The molecule has 4 nitrogen and oxygen atoms in total. The van der Waals surface area contributed by atoms with Gasteiger partial charge in [-0.2, -0.15) is 0 Å². The molecule has 1 aliphatic rings. The smallest absolute Gasteiger partial charge is 0.192 e. The lowest BCUT2D eigenvalue weighted by Crippen LogP contribution is -2.55. The third kappa shape index (κ3) is 11.3. The van der Waals surface area contributed by atoms with Gasteiger partial charge in [0.05, 0.1) is 6.10 Å². The molecule has 5 heteroatoms. The van der Waals surface area contributed by atoms with Crippen LogP contribution in [-0.4, -0.2) is 38.7 Å². The number of unbranched alkanes of at least 4 members (excludes halogenated alkanes) is 11. The van der Waals surface area contributed by atoms with E-state index in [0.717, 1.165) is 12.8 Å². The third-order valence-corrected chi connectivity index (χ3v) is 11.7. The summed E-state index contributed by atoms with van der Waals surface area (Å²) in [7, 11) is -2.00. The second kappa shape index (κ2) is 14.2. The molecule has 0 N–H and O–H groups in total. The van der Waals surface area contributed by atoms with Crippen molar-refractivity contribution in [3.63, 3.8) is 0 Å². The van der Waals surface area contributed by atoms with Gasteiger partial charge in [0.15, 0.2) is 19.9 Å². The molecule has 0 aromatic rings. The maximum absolute atomic E-state index is 12.7. The number of hydrogen-bond donors (Lipinski definition) is 0. The second-order valence-electron chi connectivity index (χ2n) is 11.8. The number of hydrogen-bond acceptors (Lipinski definition) is 4. The van der Waals surface area contributed by atoms with Crippen LogP contribution in [-0.2, 0) is 18.7 Å². The van der Waals surface area contributed by atoms with Gasteiger partial charge in [-0.15, -0.1) is 0 Å². The van der Waals surface area contributed by atoms with Gasteiger partial charge in [-0.25, -0.2) is 0 Å². The molecule has 32 heavy (non-hydrogen) atoms. The molecule has 0 aliphatic carbocycles. The predicted molar refractivity (Wildman–Crippen MR) is 138 cm³/mol. The summed E-state index contributed by atoms with van der Waals surface area (Å²) < 4.78 is 18.4. The molecule has 0 saturated carbocycles. The normalized spacial score (nSPS) is 20.5. The molecule has 0 radical (unpaired) electrons. The van der Waals surface area contributed by atoms with Crippen LogP contribution in [0.15, 0.2) is 0 Å². The van der Waals surface area contributed by atoms with Crippen molar-refractivity contribution in [2.45, 2.75) is 161 Å². The molecule has 1 saturated heterocycles. The van der Waals surface area contributed by atoms with Crippen molar-refractivity contribution in [2.75, 3.05) is 6.61 Å². The topological polar surface area (TPSA) is 44.8 Å². The van der Waals surface area contributed by atoms with Gasteiger partial charge in [-0.3, -0.25) is 4.79 Å². The van der Waals surface area contributed by atoms with Crippen molar-refractivity contribution in [3.8, 4) is 0 Å². The second-order valence-corrected chi connectivity index (χ2v) is 16.5. The van der Waals surface area contributed by atoms with Crippen molar-refractivity contribution in [1.82, 2.24) is 0 Å². The van der Waals surface area contributed by atoms with E-state index >= 15 is 0 Å². The minimum absolute atomic E-state index is 0.0203. The minimum atomic E-state index is -2.00. The van der Waals surface area contributed by atoms with Crippen molar-refractivity contribution in [1.29, 1.82) is 0 Å². The summed E-state index contributed by atoms with van der Waals surface area (Å²) >= 11 is 0. The standard InChI is InChI=1S/C27H54O4Si/c1-9-10-11-12-13-14-15-16-17-18-19-20-21-24(31-32(7,8)26(2,3)4)25-23(28)22-29-27(5,6)30-25/h24-25H,9-22H2,1-8H3/t24-,25+/m1/s1. The van der Waals surface area contributed by atoms with Crippen molar-refractivity contribution in [3.05, 3.63) is 0 Å². The molecule has 0 aromatic carbocycles. The minimum Gasteiger partial charge on any atom is -0.411 e. The lowest BCUT2D eigenvalue weighted by atomic mass is 10.00. The molecule has 0 bridgehead atoms. The fourth-order valence-electron chi connectivity index (χ4n) is 4.03. The largest absolute Gasteiger partial charge is 0.411 e. The molecule has 2 atom stereocenters. The fourth-order valence-corrected chi connectivity index (χ4v) is 5.38. The molecular weight excluding hydrogens is 416 g/mol. The highest BCUT2D eigenvalue weighted by molar-refractivity contribution is 6.74. The van der Waals surface area contributed by atoms with Crippen LogP contribution in [0.3, 0.4) is 0 Å². The summed E-state index contributed by atoms with van der Waals surface area (Å²) in [5.41, 5.74) is 0. The maximum atomic E-state index is 12.7. The first kappa shape index (κ1) is 29.8. The van der Waals surface area contributed by atoms with Crippen LogP contribution in [0.25, 0.3) is 0 Å². The maximum Gasteiger partial charge on any atom is 0.192 e. The SMILES string of the molecule is CCCCCCCCCCCCCC[C@@H](O[Si](C)(C)C(C)(C)C)[C@H]1OC(C)(C)OCC1=O. The highest BCUT2D eigenvalue weighted by Gasteiger charge is 2.45. The highest BCUT2D eigenvalue weighted by Crippen LogP contribution is 2.39. The summed E-state index contributed by atoms with van der Waals surface area (Å²) in [4.78, 5) is 12.7. The van der Waals surface area contributed by atoms with Gasteiger partial charge in [0.2, 0.25) is 0 Å². The predicted octanol–water partition coefficient (Wildman–Crippen LogP) is 8.19. The van der Waals surface area contributed by atoms with Gasteiger partial charge in [0.1, 0.15) is 12.7 Å². The molecule has 1 heterocycles. The van der Waals surface area contributed by atoms with Gasteiger partial charge in [0.25, 0.3) is 0 Å². The number of ether oxygens (including phenoxy) is 2. The summed E-state index contributed by atoms with van der Waals surface area (Å²) in [5.74, 6) is -0.712. The summed E-state index contributed by atoms with van der Waals surface area (Å²) in [6.07, 6.45) is 16.2. The first-order valence-corrected chi connectivity index (χ1v) is 16.3. The molecule has 0 amide bonds. The Bertz CT molecular complexity index is 524. The third-order valence-electron chi connectivity index (χ3n) is 7.22. The van der Waals surface area contributed by atoms with Crippen LogP contribution in [0.5, 0.6) is 0 Å². The van der Waals surface area contributed by atoms with Crippen LogP contribution in [0.2, 0.25) is 18.1 Å². The molecular formula is C27H54O4Si. The Kier molecular flexibility index (Phi) is 13.3. The van der Waals surface area contributed by atoms with Crippen molar-refractivity contribution in [2.24, 2.45) is 0 Å². The van der Waals surface area contributed by atoms with E-state index in [9.17, 15) is 4.79 Å². The molecule has 1 fully saturated rings. The Balaban J connectivity index is 2.44. The van der Waals surface area contributed by atoms with Crippen molar-refractivity contribution < 1.29 is 18.7 Å². The van der Waals surface area contributed by atoms with Gasteiger partial charge in [-0.05, 0) is 38.4 Å². The van der Waals surface area contributed by atoms with Gasteiger partial charge in [0, 0.05) is 0 Å². The number of ketones is 1. The first-order chi connectivity index (χ1) is 14.9. The molecule has 1 aliphatic heterocycles. The first-order valence-electron chi connectivity index (χ1n) is 13.4. The summed E-state index contributed by atoms with van der Waals surface area (Å²) in [6.45, 7) is 17.4. The number of rotatable bonds is 16. The number of carbonyl (C=O) groups is 1. The average Bonchev–Trinajstić information content (AvgIpc) is 2.69. The molecule has 190 valence electrons. The Hall–Kier alpha value is -0.233. The highest BCUT2D eigenvalue weighted by atomic mass is 28.4. The van der Waals surface area contributed by atoms with E-state index in [4.69, 9.17) is 13.9 Å². The van der Waals surface area contributed by atoms with E-state index in [-0.39, 0.29) is 23.5 Å². The lowest BCUT2D eigenvalue weighted by Gasteiger charge is -2.44. The monoisotopic (exact) mass is 470 g/mol. The zero-order valence-electron chi connectivity index (χ0n) is 22.7. The molecule has 0 aromatic heterocycles. The molecule has 1 rings (SSSR count). The zero-order valence-corrected chi connectivity index (χ0v) is 23.7. The number of carbonyl (C=O) groups excluding carboxylic acids is 1. The quantitative estimate of drug-likeness (QED) is 0.168. The van der Waals surface area contributed by atoms with Gasteiger partial charge in [-0.1, -0.05) is 105 Å². The van der Waals surface area contributed by atoms with E-state index in [2.05, 4.69) is 40.8 Å². The molecule has 0 spiro atoms. The van der Waals surface area contributed by atoms with Crippen LogP contribution in [0, 0.1) is 0 Å². The Morgan fingerprint density at radius 2 is 1.41 bits per heavy atom. The van der Waals surface area contributed by atoms with Gasteiger partial charge < -0.3 is 13.9 Å². The van der Waals surface area contributed by atoms with E-state index in [1.165, 1.54) is 70.6 Å². The van der Waals surface area contributed by atoms with Crippen LogP contribution >= 0.6 is 0 Å². The molecule has 0 unspecified atom stereocenters. The van der Waals surface area contributed by atoms with E-state index < -0.39 is 20.2 Å².